The zero-order chi connectivity index (χ0) is 71.2. The zero-order valence-corrected chi connectivity index (χ0v) is 52.7. The molecule has 3 heterocycles. The highest BCUT2D eigenvalue weighted by atomic mass is 16.7. The minimum absolute atomic E-state index is 0.0110. The van der Waals surface area contributed by atoms with Crippen LogP contribution in [-0.4, -0.2) is 133 Å². The number of amides is 7. The Morgan fingerprint density at radius 2 is 1.01 bits per heavy atom. The fourth-order valence-corrected chi connectivity index (χ4v) is 7.28. The first kappa shape index (κ1) is 76.7. The van der Waals surface area contributed by atoms with Crippen molar-refractivity contribution in [2.45, 2.75) is 131 Å². The van der Waals surface area contributed by atoms with Crippen molar-refractivity contribution < 1.29 is 116 Å². The van der Waals surface area contributed by atoms with Crippen LogP contribution in [0.15, 0.2) is 86.8 Å². The van der Waals surface area contributed by atoms with E-state index in [9.17, 15) is 77.3 Å². The quantitative estimate of drug-likeness (QED) is 0.0167. The van der Waals surface area contributed by atoms with Gasteiger partial charge in [0.1, 0.15) is 56.6 Å². The van der Waals surface area contributed by atoms with Crippen LogP contribution in [0, 0.1) is 0 Å². The summed E-state index contributed by atoms with van der Waals surface area (Å²) in [5, 5.41) is 47.9. The summed E-state index contributed by atoms with van der Waals surface area (Å²) in [6.07, 6.45) is -3.41. The fraction of sp³-hybridized carbons (Fsp3) is 0.367. The average Bonchev–Trinajstić information content (AvgIpc) is 0.775. The second-order valence-electron chi connectivity index (χ2n) is 22.3. The van der Waals surface area contributed by atoms with E-state index in [0.717, 1.165) is 16.7 Å². The van der Waals surface area contributed by atoms with Gasteiger partial charge in [-0.3, -0.25) is 50.6 Å². The molecule has 4 aromatic carbocycles. The number of nitrogens with two attached hydrogens (primary N) is 2. The second-order valence-corrected chi connectivity index (χ2v) is 22.3. The Hall–Kier alpha value is -11.6. The molecule has 34 heteroatoms. The van der Waals surface area contributed by atoms with E-state index < -0.39 is 112 Å². The number of ether oxygens (including phenoxy) is 7. The Morgan fingerprint density at radius 3 is 1.41 bits per heavy atom. The van der Waals surface area contributed by atoms with Gasteiger partial charge >= 0.3 is 54.3 Å². The van der Waals surface area contributed by atoms with Crippen LogP contribution in [0.4, 0.5) is 46.7 Å². The number of aromatic nitrogens is 1. The first-order valence-electron chi connectivity index (χ1n) is 28.0. The molecule has 2 fully saturated rings. The Kier molecular flexibility index (Phi) is 27.7. The minimum Gasteiger partial charge on any atom is -0.507 e. The zero-order valence-electron chi connectivity index (χ0n) is 52.7. The van der Waals surface area contributed by atoms with Gasteiger partial charge in [-0.15, -0.1) is 0 Å². The Morgan fingerprint density at radius 1 is 0.585 bits per heavy atom. The second kappa shape index (κ2) is 34.0. The number of imide groups is 2. The van der Waals surface area contributed by atoms with E-state index in [2.05, 4.69) is 40.8 Å². The number of phenols is 2. The molecule has 508 valence electrons. The Bertz CT molecular complexity index is 3710. The van der Waals surface area contributed by atoms with Crippen LogP contribution in [0.5, 0.6) is 17.2 Å². The van der Waals surface area contributed by atoms with Crippen LogP contribution >= 0.6 is 0 Å². The van der Waals surface area contributed by atoms with E-state index in [-0.39, 0.29) is 88.3 Å². The smallest absolute Gasteiger partial charge is 0.507 e. The van der Waals surface area contributed by atoms with Gasteiger partial charge in [-0.25, -0.2) is 47.7 Å². The van der Waals surface area contributed by atoms with Gasteiger partial charge in [0.05, 0.1) is 24.6 Å². The average molecular weight is 1320 g/mol. The fourth-order valence-electron chi connectivity index (χ4n) is 7.28. The van der Waals surface area contributed by atoms with E-state index >= 15 is 0 Å². The SMILES string of the molecule is CC(C)(C)OC(=O)Nc1ccc(C(=O)O)c(O)c1.CC(C)(C)OC(=O)Nc1ccc(C(=O)O)c(O)c1.CCOC(=O)OC(=O)c1ccc(NC(=O)OC(C)(C)C)cc1OC(=O)OCC.NC1CCC(=O)NC1=O.Nc1ccc2c(=O)n(C3CCC(=O)NC3=O)c(=O)oc2c1. The number of piperidine rings is 2. The van der Waals surface area contributed by atoms with Gasteiger partial charge in [-0.2, -0.15) is 0 Å². The number of nitrogens with zero attached hydrogens (tertiary/aromatic N) is 1. The molecule has 0 radical (unpaired) electrons. The van der Waals surface area contributed by atoms with E-state index in [0.29, 0.717) is 18.5 Å². The van der Waals surface area contributed by atoms with Gasteiger partial charge in [-0.05, 0) is 138 Å². The molecule has 34 nitrogen and oxygen atoms in total. The normalized spacial score (nSPS) is 14.1. The van der Waals surface area contributed by atoms with Crippen molar-refractivity contribution in [3.63, 3.8) is 0 Å². The summed E-state index contributed by atoms with van der Waals surface area (Å²) < 4.78 is 39.6. The molecule has 7 amide bonds. The van der Waals surface area contributed by atoms with Crippen molar-refractivity contribution in [3.05, 3.63) is 110 Å². The summed E-state index contributed by atoms with van der Waals surface area (Å²) in [5.74, 6) is -7.36. The van der Waals surface area contributed by atoms with Crippen LogP contribution in [0.2, 0.25) is 0 Å². The summed E-state index contributed by atoms with van der Waals surface area (Å²) >= 11 is 0. The van der Waals surface area contributed by atoms with Crippen LogP contribution in [-0.2, 0) is 47.6 Å². The van der Waals surface area contributed by atoms with Crippen molar-refractivity contribution in [1.29, 1.82) is 0 Å². The summed E-state index contributed by atoms with van der Waals surface area (Å²) in [4.78, 5) is 159. The molecule has 0 spiro atoms. The van der Waals surface area contributed by atoms with Crippen LogP contribution in [0.25, 0.3) is 11.0 Å². The number of hydrogen-bond donors (Lipinski definition) is 11. The van der Waals surface area contributed by atoms with Crippen LogP contribution in [0.3, 0.4) is 0 Å². The molecule has 0 aliphatic carbocycles. The third-order valence-electron chi connectivity index (χ3n) is 11.1. The monoisotopic (exact) mass is 1320 g/mol. The van der Waals surface area contributed by atoms with Crippen LogP contribution < -0.4 is 54.1 Å². The number of carboxylic acids is 2. The number of fused-ring (bicyclic) bond motifs is 1. The maximum atomic E-state index is 12.4. The number of carbonyl (C=O) groups excluding carboxylic acids is 10. The largest absolute Gasteiger partial charge is 0.516 e. The van der Waals surface area contributed by atoms with Gasteiger partial charge in [0.2, 0.25) is 23.6 Å². The number of carboxylic acid groups (broad SMARTS) is 2. The van der Waals surface area contributed by atoms with Gasteiger partial charge in [0, 0.05) is 59.9 Å². The molecule has 2 saturated heterocycles. The van der Waals surface area contributed by atoms with Crippen LogP contribution in [0.1, 0.15) is 139 Å². The lowest BCUT2D eigenvalue weighted by atomic mass is 10.1. The highest BCUT2D eigenvalue weighted by Crippen LogP contribution is 2.28. The molecular formula is C60H72N8O26. The number of hydrogen-bond acceptors (Lipinski definition) is 26. The molecule has 2 atom stereocenters. The Labute approximate surface area is 534 Å². The summed E-state index contributed by atoms with van der Waals surface area (Å²) in [5.41, 5.74) is 8.59. The number of carbonyl (C=O) groups is 12. The number of benzene rings is 4. The number of anilines is 4. The molecular weight excluding hydrogens is 1250 g/mol. The number of nitrogens with one attached hydrogen (secondary N) is 5. The standard InChI is InChI=1S/C18H23NO9.C13H11N3O5.2C12H15NO5.C5H8N2O2/c1-6-24-16(22)26-13-10-11(19-15(21)28-18(3,4)5)8-9-12(13)14(20)27-17(23)25-7-2;14-6-1-2-7-9(5-6)21-13(20)16(12(7)19)8-3-4-10(17)15-11(8)18;2*1-12(2,3)18-11(17)13-7-4-5-8(10(15)16)9(14)6-7;6-3-1-2-4(8)7-5(3)9/h8-10H,6-7H2,1-5H3,(H,19,21);1-2,5,8H,3-4,14H2,(H,15,17,18);2*4-6,14H,1-3H3,(H,13,17)(H,15,16);3H,1-2,6H2,(H,7,8,9). The molecule has 2 unspecified atom stereocenters. The molecule has 0 saturated carbocycles. The highest BCUT2D eigenvalue weighted by molar-refractivity contribution is 6.01. The number of nitrogen functional groups attached to an aromatic ring is 1. The van der Waals surface area contributed by atoms with Crippen molar-refractivity contribution in [2.24, 2.45) is 5.73 Å². The molecule has 1 aromatic heterocycles. The number of aromatic hydroxyl groups is 2. The lowest BCUT2D eigenvalue weighted by molar-refractivity contribution is -0.136. The third-order valence-corrected chi connectivity index (χ3v) is 11.1. The molecule has 13 N–H and O–H groups in total. The minimum atomic E-state index is -1.24. The highest BCUT2D eigenvalue weighted by Gasteiger charge is 2.32. The van der Waals surface area contributed by atoms with Crippen molar-refractivity contribution >= 4 is 106 Å². The van der Waals surface area contributed by atoms with E-state index in [1.807, 2.05) is 0 Å². The van der Waals surface area contributed by atoms with Gasteiger partial charge < -0.3 is 69.5 Å². The lowest BCUT2D eigenvalue weighted by Gasteiger charge is -2.21. The maximum Gasteiger partial charge on any atom is 0.516 e. The van der Waals surface area contributed by atoms with Gasteiger partial charge in [0.15, 0.2) is 5.75 Å². The number of aromatic carboxylic acids is 2. The predicted octanol–water partition coefficient (Wildman–Crippen LogP) is 7.02. The Balaban J connectivity index is 0.000000317. The molecule has 7 rings (SSSR count). The van der Waals surface area contributed by atoms with Crippen molar-refractivity contribution in [3.8, 4) is 17.2 Å². The van der Waals surface area contributed by atoms with Gasteiger partial charge in [-0.1, -0.05) is 0 Å². The van der Waals surface area contributed by atoms with Crippen molar-refractivity contribution in [2.75, 3.05) is 34.9 Å². The molecule has 2 aliphatic rings. The predicted molar refractivity (Wildman–Crippen MR) is 329 cm³/mol. The van der Waals surface area contributed by atoms with E-state index in [1.165, 1.54) is 67.6 Å². The number of rotatable bonds is 10. The summed E-state index contributed by atoms with van der Waals surface area (Å²) in [6, 6.07) is 13.9. The first-order chi connectivity index (χ1) is 43.6. The lowest BCUT2D eigenvalue weighted by Crippen LogP contribution is -2.48. The summed E-state index contributed by atoms with van der Waals surface area (Å²) in [6.45, 7) is 18.5. The first-order valence-corrected chi connectivity index (χ1v) is 28.0. The third kappa shape index (κ3) is 26.1. The summed E-state index contributed by atoms with van der Waals surface area (Å²) in [7, 11) is 0. The molecule has 94 heavy (non-hydrogen) atoms. The molecule has 5 aromatic rings. The molecule has 0 bridgehead atoms. The number of esters is 1. The molecule has 2 aliphatic heterocycles. The van der Waals surface area contributed by atoms with E-state index in [4.69, 9.17) is 45.0 Å². The maximum absolute atomic E-state index is 12.4. The van der Waals surface area contributed by atoms with Crippen molar-refractivity contribution in [1.82, 2.24) is 15.2 Å². The van der Waals surface area contributed by atoms with Gasteiger partial charge in [0.25, 0.3) is 5.56 Å². The van der Waals surface area contributed by atoms with E-state index in [1.54, 1.807) is 69.2 Å². The topological polar surface area (TPSA) is 515 Å².